The van der Waals surface area contributed by atoms with Gasteiger partial charge in [-0.1, -0.05) is 151 Å². The second-order valence-corrected chi connectivity index (χ2v) is 24.0. The monoisotopic (exact) mass is 1100 g/mol. The van der Waals surface area contributed by atoms with E-state index < -0.39 is 53.0 Å². The Morgan fingerprint density at radius 2 is 1.04 bits per heavy atom. The van der Waals surface area contributed by atoms with Gasteiger partial charge >= 0.3 is 0 Å². The van der Waals surface area contributed by atoms with Gasteiger partial charge in [-0.25, -0.2) is 0 Å². The topological polar surface area (TPSA) is 210 Å². The summed E-state index contributed by atoms with van der Waals surface area (Å²) < 4.78 is 0. The SMILES string of the molecule is CN[C@@H](C)C(=O)N[C@H](C(=O)N1C[C@@H](NC(=O)c2ccc(C(=O)C[C@H]3C[C@@H](C(=O)NCc4cccc(-c5ccccc5)c4)N(C(=O)[C@@H](NC(=O)[C@H](C)NC)C(C)(C)C)C3)cc2)C[C@H]1CNCc1cccc(-c2ccccc2)c1)C(C)(C)C. The number of likely N-dealkylation sites (N-methyl/N-ethyl adjacent to an activating group) is 2. The molecule has 0 aliphatic carbocycles. The molecule has 5 aromatic carbocycles. The zero-order valence-electron chi connectivity index (χ0n) is 48.7. The van der Waals surface area contributed by atoms with E-state index in [1.807, 2.05) is 120 Å². The molecule has 5 aromatic rings. The van der Waals surface area contributed by atoms with Crippen LogP contribution in [-0.4, -0.2) is 127 Å². The number of nitrogens with one attached hydrogen (secondary N) is 7. The van der Waals surface area contributed by atoms with Crippen LogP contribution in [0.15, 0.2) is 133 Å². The second kappa shape index (κ2) is 27.3. The average Bonchev–Trinajstić information content (AvgIpc) is 4.13. The Kier molecular flexibility index (Phi) is 20.6. The summed E-state index contributed by atoms with van der Waals surface area (Å²) in [5.74, 6) is -2.60. The predicted molar refractivity (Wildman–Crippen MR) is 317 cm³/mol. The molecule has 2 heterocycles. The molecule has 7 rings (SSSR count). The third-order valence-corrected chi connectivity index (χ3v) is 15.6. The highest BCUT2D eigenvalue weighted by Gasteiger charge is 2.46. The van der Waals surface area contributed by atoms with Gasteiger partial charge in [-0.05, 0) is 115 Å². The lowest BCUT2D eigenvalue weighted by molar-refractivity contribution is -0.144. The van der Waals surface area contributed by atoms with Crippen molar-refractivity contribution in [3.8, 4) is 22.3 Å². The Labute approximate surface area is 478 Å². The third kappa shape index (κ3) is 16.1. The summed E-state index contributed by atoms with van der Waals surface area (Å²) in [5, 5.41) is 21.6. The van der Waals surface area contributed by atoms with E-state index in [-0.39, 0.29) is 79.8 Å². The Morgan fingerprint density at radius 1 is 0.556 bits per heavy atom. The fourth-order valence-corrected chi connectivity index (χ4v) is 10.6. The molecule has 0 radical (unpaired) electrons. The molecule has 2 fully saturated rings. The maximum atomic E-state index is 14.7. The van der Waals surface area contributed by atoms with Crippen LogP contribution < -0.4 is 37.2 Å². The van der Waals surface area contributed by atoms with Crippen molar-refractivity contribution < 1.29 is 33.6 Å². The Hall–Kier alpha value is -7.53. The average molecular weight is 1100 g/mol. The van der Waals surface area contributed by atoms with E-state index in [0.717, 1.165) is 33.4 Å². The van der Waals surface area contributed by atoms with Crippen LogP contribution in [0.25, 0.3) is 22.3 Å². The van der Waals surface area contributed by atoms with Crippen LogP contribution in [0.5, 0.6) is 0 Å². The van der Waals surface area contributed by atoms with E-state index >= 15 is 0 Å². The molecule has 7 N–H and O–H groups in total. The maximum Gasteiger partial charge on any atom is 0.251 e. The highest BCUT2D eigenvalue weighted by atomic mass is 16.2. The fourth-order valence-electron chi connectivity index (χ4n) is 10.6. The van der Waals surface area contributed by atoms with Crippen molar-refractivity contribution in [1.29, 1.82) is 0 Å². The molecule has 0 aromatic heterocycles. The van der Waals surface area contributed by atoms with Crippen molar-refractivity contribution in [2.75, 3.05) is 33.7 Å². The second-order valence-electron chi connectivity index (χ2n) is 24.0. The predicted octanol–water partition coefficient (Wildman–Crippen LogP) is 6.89. The van der Waals surface area contributed by atoms with E-state index in [2.05, 4.69) is 67.5 Å². The number of hydrogen-bond acceptors (Lipinski definition) is 10. The number of carbonyl (C=O) groups is 7. The van der Waals surface area contributed by atoms with Crippen molar-refractivity contribution >= 4 is 41.2 Å². The minimum atomic E-state index is -0.962. The third-order valence-electron chi connectivity index (χ3n) is 15.6. The molecule has 0 unspecified atom stereocenters. The minimum absolute atomic E-state index is 0.0330. The largest absolute Gasteiger partial charge is 0.350 e. The lowest BCUT2D eigenvalue weighted by atomic mass is 9.85. The van der Waals surface area contributed by atoms with E-state index in [4.69, 9.17) is 0 Å². The van der Waals surface area contributed by atoms with Crippen molar-refractivity contribution in [2.45, 2.75) is 130 Å². The quantitative estimate of drug-likeness (QED) is 0.0357. The van der Waals surface area contributed by atoms with Gasteiger partial charge in [0.1, 0.15) is 18.1 Å². The van der Waals surface area contributed by atoms with Crippen LogP contribution in [-0.2, 0) is 37.1 Å². The van der Waals surface area contributed by atoms with Gasteiger partial charge in [0.05, 0.1) is 12.1 Å². The van der Waals surface area contributed by atoms with Gasteiger partial charge < -0.3 is 47.0 Å². The molecule has 2 aliphatic heterocycles. The summed E-state index contributed by atoms with van der Waals surface area (Å²) in [6.45, 7) is 16.3. The van der Waals surface area contributed by atoms with Gasteiger partial charge in [-0.3, -0.25) is 33.6 Å². The molecule has 81 heavy (non-hydrogen) atoms. The fraction of sp³-hybridized carbons (Fsp3) is 0.431. The summed E-state index contributed by atoms with van der Waals surface area (Å²) in [7, 11) is 3.36. The molecule has 0 spiro atoms. The number of nitrogens with zero attached hydrogens (tertiary/aromatic N) is 2. The van der Waals surface area contributed by atoms with Gasteiger partial charge in [0.15, 0.2) is 5.78 Å². The lowest BCUT2D eigenvalue weighted by Crippen LogP contribution is -2.59. The first-order valence-corrected chi connectivity index (χ1v) is 28.3. The van der Waals surface area contributed by atoms with Gasteiger partial charge in [-0.15, -0.1) is 0 Å². The van der Waals surface area contributed by atoms with E-state index in [1.54, 1.807) is 57.1 Å². The molecule has 16 nitrogen and oxygen atoms in total. The van der Waals surface area contributed by atoms with Gasteiger partial charge in [0.2, 0.25) is 29.5 Å². The smallest absolute Gasteiger partial charge is 0.251 e. The summed E-state index contributed by atoms with van der Waals surface area (Å²) in [6, 6.07) is 38.2. The summed E-state index contributed by atoms with van der Waals surface area (Å²) in [5.41, 5.74) is 5.58. The van der Waals surface area contributed by atoms with Crippen LogP contribution in [0.3, 0.4) is 0 Å². The number of ketones is 1. The zero-order chi connectivity index (χ0) is 58.6. The van der Waals surface area contributed by atoms with E-state index in [0.29, 0.717) is 30.6 Å². The van der Waals surface area contributed by atoms with Crippen LogP contribution >= 0.6 is 0 Å². The first kappa shape index (κ1) is 61.1. The summed E-state index contributed by atoms with van der Waals surface area (Å²) >= 11 is 0. The van der Waals surface area contributed by atoms with Crippen LogP contribution in [0, 0.1) is 16.7 Å². The number of hydrogen-bond donors (Lipinski definition) is 7. The number of Topliss-reactive ketones (excluding diaryl/α,β-unsaturated/α-hetero) is 1. The molecule has 0 saturated carbocycles. The first-order valence-electron chi connectivity index (χ1n) is 28.3. The van der Waals surface area contributed by atoms with Crippen LogP contribution in [0.2, 0.25) is 0 Å². The van der Waals surface area contributed by atoms with E-state index in [1.165, 1.54) is 4.90 Å². The Balaban J connectivity index is 1.03. The van der Waals surface area contributed by atoms with Crippen LogP contribution in [0.1, 0.15) is 106 Å². The summed E-state index contributed by atoms with van der Waals surface area (Å²) in [4.78, 5) is 101. The standard InChI is InChI=1S/C65H83N9O7/c1-41(66-9)58(76)71-56(64(3,4)5)62(80)73-40-52(35-53(73)38-68-36-43-19-17-25-50(31-43)46-21-13-11-14-22-46)70-60(78)49-29-27-48(28-30-49)55(75)34-45-33-54(74(39-45)63(81)57(65(6,7)8)72-59(77)42(2)67-10)61(79)69-37-44-20-18-26-51(32-44)47-23-15-12-16-24-47/h11-32,41-42,45,52-54,56-57,66-68H,33-40H2,1-10H3,(H,69,79)(H,70,78)(H,71,76)(H,72,77)/t41-,42-,45+,52-,53-,54-,56+,57+/m0/s1. The number of rotatable bonds is 22. The molecular formula is C65H83N9O7. The minimum Gasteiger partial charge on any atom is -0.350 e. The van der Waals surface area contributed by atoms with Crippen molar-refractivity contribution in [3.63, 3.8) is 0 Å². The van der Waals surface area contributed by atoms with Gasteiger partial charge in [-0.2, -0.15) is 0 Å². The molecule has 0 bridgehead atoms. The number of likely N-dealkylation sites (tertiary alicyclic amines) is 2. The normalized spacial score (nSPS) is 18.7. The number of benzene rings is 5. The Morgan fingerprint density at radius 3 is 1.54 bits per heavy atom. The molecule has 16 heteroatoms. The number of amides is 6. The highest BCUT2D eigenvalue weighted by Crippen LogP contribution is 2.32. The maximum absolute atomic E-state index is 14.7. The van der Waals surface area contributed by atoms with Crippen LogP contribution in [0.4, 0.5) is 0 Å². The number of carbonyl (C=O) groups excluding carboxylic acids is 7. The molecule has 2 saturated heterocycles. The van der Waals surface area contributed by atoms with E-state index in [9.17, 15) is 33.6 Å². The van der Waals surface area contributed by atoms with Crippen molar-refractivity contribution in [2.24, 2.45) is 16.7 Å². The van der Waals surface area contributed by atoms with Gasteiger partial charge in [0.25, 0.3) is 5.91 Å². The first-order chi connectivity index (χ1) is 38.5. The summed E-state index contributed by atoms with van der Waals surface area (Å²) in [6.07, 6.45) is 0.718. The zero-order valence-corrected chi connectivity index (χ0v) is 48.7. The van der Waals surface area contributed by atoms with Gasteiger partial charge in [0, 0.05) is 62.4 Å². The molecule has 430 valence electrons. The molecule has 2 aliphatic rings. The Bertz CT molecular complexity index is 2990. The molecule has 8 atom stereocenters. The van der Waals surface area contributed by atoms with Crippen molar-refractivity contribution in [1.82, 2.24) is 47.0 Å². The highest BCUT2D eigenvalue weighted by molar-refractivity contribution is 6.00. The van der Waals surface area contributed by atoms with Crippen molar-refractivity contribution in [3.05, 3.63) is 156 Å². The molecule has 6 amide bonds. The molecular weight excluding hydrogens is 1020 g/mol. The lowest BCUT2D eigenvalue weighted by Gasteiger charge is -2.36.